The van der Waals surface area contributed by atoms with Crippen molar-refractivity contribution in [3.05, 3.63) is 36.0 Å². The molecule has 2 nitrogen and oxygen atoms in total. The van der Waals surface area contributed by atoms with Gasteiger partial charge in [-0.05, 0) is 29.1 Å². The minimum atomic E-state index is 0.511. The average molecular weight is 226 g/mol. The van der Waals surface area contributed by atoms with Gasteiger partial charge in [-0.3, -0.25) is 0 Å². The van der Waals surface area contributed by atoms with E-state index in [0.29, 0.717) is 12.6 Å². The van der Waals surface area contributed by atoms with Gasteiger partial charge in [0, 0.05) is 24.3 Å². The van der Waals surface area contributed by atoms with Crippen LogP contribution in [0.15, 0.2) is 30.5 Å². The quantitative estimate of drug-likeness (QED) is 0.793. The summed E-state index contributed by atoms with van der Waals surface area (Å²) in [6, 6.07) is 9.15. The first-order chi connectivity index (χ1) is 8.20. The summed E-state index contributed by atoms with van der Waals surface area (Å²) in [5.41, 5.74) is 2.51. The molecule has 0 saturated carbocycles. The Morgan fingerprint density at radius 1 is 1.35 bits per heavy atom. The smallest absolute Gasteiger partial charge is 0.0834 e. The average Bonchev–Trinajstić information content (AvgIpc) is 2.70. The van der Waals surface area contributed by atoms with E-state index in [1.165, 1.54) is 16.5 Å². The molecule has 0 spiro atoms. The summed E-state index contributed by atoms with van der Waals surface area (Å²) in [5.74, 6) is 2.67. The maximum Gasteiger partial charge on any atom is 0.0834 e. The Labute approximate surface area is 103 Å². The van der Waals surface area contributed by atoms with Crippen LogP contribution in [0.25, 0.3) is 10.9 Å². The summed E-state index contributed by atoms with van der Waals surface area (Å²) < 4.78 is 2.09. The van der Waals surface area contributed by atoms with E-state index in [-0.39, 0.29) is 0 Å². The van der Waals surface area contributed by atoms with E-state index in [1.807, 2.05) is 6.20 Å². The zero-order valence-electron chi connectivity index (χ0n) is 10.4. The number of benzene rings is 1. The lowest BCUT2D eigenvalue weighted by atomic mass is 10.1. The molecule has 0 aliphatic rings. The SMILES string of the molecule is C#CCn1ccc2cc(CNC(C)C)ccc21. The van der Waals surface area contributed by atoms with Gasteiger partial charge < -0.3 is 9.88 Å². The minimum Gasteiger partial charge on any atom is -0.336 e. The summed E-state index contributed by atoms with van der Waals surface area (Å²) in [7, 11) is 0. The molecule has 0 unspecified atom stereocenters. The highest BCUT2D eigenvalue weighted by molar-refractivity contribution is 5.81. The third-order valence-corrected chi connectivity index (χ3v) is 2.81. The predicted molar refractivity (Wildman–Crippen MR) is 72.7 cm³/mol. The highest BCUT2D eigenvalue weighted by Crippen LogP contribution is 2.17. The second-order valence-corrected chi connectivity index (χ2v) is 4.58. The van der Waals surface area contributed by atoms with Gasteiger partial charge >= 0.3 is 0 Å². The summed E-state index contributed by atoms with van der Waals surface area (Å²) in [4.78, 5) is 0. The Kier molecular flexibility index (Phi) is 3.51. The van der Waals surface area contributed by atoms with E-state index in [4.69, 9.17) is 6.42 Å². The number of hydrogen-bond acceptors (Lipinski definition) is 1. The molecule has 0 aliphatic heterocycles. The fourth-order valence-corrected chi connectivity index (χ4v) is 1.92. The number of nitrogens with zero attached hydrogens (tertiary/aromatic N) is 1. The van der Waals surface area contributed by atoms with Crippen LogP contribution < -0.4 is 5.32 Å². The highest BCUT2D eigenvalue weighted by atomic mass is 14.9. The van der Waals surface area contributed by atoms with Crippen molar-refractivity contribution in [1.29, 1.82) is 0 Å². The summed E-state index contributed by atoms with van der Waals surface area (Å²) in [6.45, 7) is 5.85. The van der Waals surface area contributed by atoms with E-state index in [9.17, 15) is 0 Å². The van der Waals surface area contributed by atoms with Gasteiger partial charge in [-0.25, -0.2) is 0 Å². The lowest BCUT2D eigenvalue weighted by molar-refractivity contribution is 0.589. The Hall–Kier alpha value is -1.72. The maximum atomic E-state index is 5.34. The van der Waals surface area contributed by atoms with Crippen LogP contribution >= 0.6 is 0 Å². The molecule has 1 aromatic carbocycles. The van der Waals surface area contributed by atoms with E-state index in [2.05, 4.69) is 53.9 Å². The normalized spacial score (nSPS) is 10.9. The van der Waals surface area contributed by atoms with Gasteiger partial charge in [0.15, 0.2) is 0 Å². The fourth-order valence-electron chi connectivity index (χ4n) is 1.92. The zero-order valence-corrected chi connectivity index (χ0v) is 10.4. The van der Waals surface area contributed by atoms with Crippen LogP contribution in [0.2, 0.25) is 0 Å². The third-order valence-electron chi connectivity index (χ3n) is 2.81. The molecule has 1 heterocycles. The Morgan fingerprint density at radius 3 is 2.88 bits per heavy atom. The zero-order chi connectivity index (χ0) is 12.3. The molecule has 0 bridgehead atoms. The first-order valence-corrected chi connectivity index (χ1v) is 5.95. The molecule has 2 rings (SSSR count). The summed E-state index contributed by atoms with van der Waals surface area (Å²) >= 11 is 0. The highest BCUT2D eigenvalue weighted by Gasteiger charge is 2.01. The lowest BCUT2D eigenvalue weighted by Gasteiger charge is -2.08. The number of rotatable bonds is 4. The van der Waals surface area contributed by atoms with Crippen molar-refractivity contribution in [3.63, 3.8) is 0 Å². The fraction of sp³-hybridized carbons (Fsp3) is 0.333. The number of aromatic nitrogens is 1. The molecule has 0 aliphatic carbocycles. The second-order valence-electron chi connectivity index (χ2n) is 4.58. The first-order valence-electron chi connectivity index (χ1n) is 5.95. The molecule has 0 atom stereocenters. The Bertz CT molecular complexity index is 544. The topological polar surface area (TPSA) is 17.0 Å². The Balaban J connectivity index is 2.24. The maximum absolute atomic E-state index is 5.34. The van der Waals surface area contributed by atoms with Crippen molar-refractivity contribution in [2.45, 2.75) is 33.0 Å². The van der Waals surface area contributed by atoms with Crippen molar-refractivity contribution >= 4 is 10.9 Å². The van der Waals surface area contributed by atoms with Gasteiger partial charge in [-0.2, -0.15) is 0 Å². The van der Waals surface area contributed by atoms with Gasteiger partial charge in [0.1, 0.15) is 0 Å². The second kappa shape index (κ2) is 5.07. The third kappa shape index (κ3) is 2.69. The molecule has 88 valence electrons. The molecule has 2 aromatic rings. The van der Waals surface area contributed by atoms with E-state index in [0.717, 1.165) is 6.54 Å². The predicted octanol–water partition coefficient (Wildman–Crippen LogP) is 2.77. The minimum absolute atomic E-state index is 0.511. The first kappa shape index (κ1) is 11.8. The van der Waals surface area contributed by atoms with Crippen molar-refractivity contribution in [1.82, 2.24) is 9.88 Å². The van der Waals surface area contributed by atoms with E-state index in [1.54, 1.807) is 0 Å². The van der Waals surface area contributed by atoms with Crippen LogP contribution in [0.4, 0.5) is 0 Å². The molecule has 0 fully saturated rings. The van der Waals surface area contributed by atoms with Crippen LogP contribution in [-0.4, -0.2) is 10.6 Å². The largest absolute Gasteiger partial charge is 0.336 e. The van der Waals surface area contributed by atoms with Gasteiger partial charge in [0.2, 0.25) is 0 Å². The van der Waals surface area contributed by atoms with Crippen molar-refractivity contribution in [2.75, 3.05) is 0 Å². The molecule has 17 heavy (non-hydrogen) atoms. The van der Waals surface area contributed by atoms with Gasteiger partial charge in [-0.15, -0.1) is 6.42 Å². The number of hydrogen-bond donors (Lipinski definition) is 1. The van der Waals surface area contributed by atoms with Crippen LogP contribution in [-0.2, 0) is 13.1 Å². The number of fused-ring (bicyclic) bond motifs is 1. The molecular formula is C15H18N2. The lowest BCUT2D eigenvalue weighted by Crippen LogP contribution is -2.21. The summed E-state index contributed by atoms with van der Waals surface area (Å²) in [6.07, 6.45) is 7.39. The van der Waals surface area contributed by atoms with Crippen molar-refractivity contribution in [3.8, 4) is 12.3 Å². The van der Waals surface area contributed by atoms with E-state index >= 15 is 0 Å². The monoisotopic (exact) mass is 226 g/mol. The molecule has 0 radical (unpaired) electrons. The van der Waals surface area contributed by atoms with Crippen LogP contribution in [0, 0.1) is 12.3 Å². The van der Waals surface area contributed by atoms with Crippen molar-refractivity contribution < 1.29 is 0 Å². The van der Waals surface area contributed by atoms with Gasteiger partial charge in [0.25, 0.3) is 0 Å². The van der Waals surface area contributed by atoms with Crippen LogP contribution in [0.5, 0.6) is 0 Å². The van der Waals surface area contributed by atoms with Gasteiger partial charge in [0.05, 0.1) is 6.54 Å². The van der Waals surface area contributed by atoms with E-state index < -0.39 is 0 Å². The summed E-state index contributed by atoms with van der Waals surface area (Å²) in [5, 5.41) is 4.67. The molecule has 1 N–H and O–H groups in total. The van der Waals surface area contributed by atoms with Crippen molar-refractivity contribution in [2.24, 2.45) is 0 Å². The number of nitrogens with one attached hydrogen (secondary N) is 1. The molecule has 0 amide bonds. The molecule has 0 saturated heterocycles. The van der Waals surface area contributed by atoms with Gasteiger partial charge in [-0.1, -0.05) is 25.8 Å². The molecule has 1 aromatic heterocycles. The standard InChI is InChI=1S/C15H18N2/c1-4-8-17-9-7-14-10-13(5-6-15(14)17)11-16-12(2)3/h1,5-7,9-10,12,16H,8,11H2,2-3H3. The Morgan fingerprint density at radius 2 is 2.18 bits per heavy atom. The molecular weight excluding hydrogens is 208 g/mol. The molecule has 2 heteroatoms. The van der Waals surface area contributed by atoms with Crippen LogP contribution in [0.3, 0.4) is 0 Å². The van der Waals surface area contributed by atoms with Crippen LogP contribution in [0.1, 0.15) is 19.4 Å². The number of terminal acetylenes is 1.